The molecule has 0 radical (unpaired) electrons. The first-order valence-electron chi connectivity index (χ1n) is 11.8. The normalized spacial score (nSPS) is 25.9. The van der Waals surface area contributed by atoms with E-state index >= 15 is 0 Å². The summed E-state index contributed by atoms with van der Waals surface area (Å²) in [6.07, 6.45) is 4.99. The quantitative estimate of drug-likeness (QED) is 0.780. The highest BCUT2D eigenvalue weighted by Crippen LogP contribution is 2.32. The molecule has 2 amide bonds. The first-order chi connectivity index (χ1) is 14.5. The number of carbonyl (C=O) groups excluding carboxylic acids is 2. The fourth-order valence-electron chi connectivity index (χ4n) is 5.32. The van der Waals surface area contributed by atoms with Crippen molar-refractivity contribution < 1.29 is 9.59 Å². The lowest BCUT2D eigenvalue weighted by atomic mass is 9.91. The Morgan fingerprint density at radius 2 is 1.57 bits per heavy atom. The number of benzene rings is 1. The lowest BCUT2D eigenvalue weighted by molar-refractivity contribution is -0.136. The summed E-state index contributed by atoms with van der Waals surface area (Å²) in [7, 11) is 0. The van der Waals surface area contributed by atoms with Crippen LogP contribution in [0.2, 0.25) is 0 Å². The molecule has 164 valence electrons. The first-order valence-corrected chi connectivity index (χ1v) is 11.8. The molecule has 3 fully saturated rings. The predicted molar refractivity (Wildman–Crippen MR) is 119 cm³/mol. The Balaban J connectivity index is 1.27. The van der Waals surface area contributed by atoms with Gasteiger partial charge in [-0.2, -0.15) is 0 Å². The minimum atomic E-state index is 0.0317. The minimum absolute atomic E-state index is 0.0317. The van der Waals surface area contributed by atoms with Crippen molar-refractivity contribution in [2.45, 2.75) is 59.0 Å². The van der Waals surface area contributed by atoms with Crippen LogP contribution < -0.4 is 5.32 Å². The van der Waals surface area contributed by atoms with E-state index in [1.54, 1.807) is 0 Å². The Morgan fingerprint density at radius 3 is 2.20 bits per heavy atom. The van der Waals surface area contributed by atoms with Crippen LogP contribution in [0, 0.1) is 23.7 Å². The van der Waals surface area contributed by atoms with E-state index in [-0.39, 0.29) is 17.7 Å². The van der Waals surface area contributed by atoms with Gasteiger partial charge in [0, 0.05) is 51.1 Å². The number of rotatable bonds is 6. The van der Waals surface area contributed by atoms with Crippen molar-refractivity contribution in [1.82, 2.24) is 15.1 Å². The molecule has 1 aromatic carbocycles. The number of carbonyl (C=O) groups is 2. The molecule has 2 heterocycles. The van der Waals surface area contributed by atoms with Crippen molar-refractivity contribution in [1.29, 1.82) is 0 Å². The summed E-state index contributed by atoms with van der Waals surface area (Å²) in [5, 5.41) is 3.18. The number of nitrogens with one attached hydrogen (secondary N) is 1. The lowest BCUT2D eigenvalue weighted by Crippen LogP contribution is -2.43. The fourth-order valence-corrected chi connectivity index (χ4v) is 5.32. The van der Waals surface area contributed by atoms with Gasteiger partial charge in [-0.1, -0.05) is 38.1 Å². The lowest BCUT2D eigenvalue weighted by Gasteiger charge is -2.35. The van der Waals surface area contributed by atoms with Crippen molar-refractivity contribution in [3.8, 4) is 0 Å². The van der Waals surface area contributed by atoms with Crippen molar-refractivity contribution in [2.75, 3.05) is 26.2 Å². The molecular formula is C25H37N3O2. The Morgan fingerprint density at radius 1 is 0.933 bits per heavy atom. The van der Waals surface area contributed by atoms with Crippen LogP contribution in [0.1, 0.15) is 57.1 Å². The molecule has 1 aromatic rings. The molecule has 1 saturated carbocycles. The van der Waals surface area contributed by atoms with Gasteiger partial charge in [-0.25, -0.2) is 0 Å². The van der Waals surface area contributed by atoms with Crippen LogP contribution in [0.5, 0.6) is 0 Å². The third kappa shape index (κ3) is 5.42. The van der Waals surface area contributed by atoms with Crippen LogP contribution in [-0.2, 0) is 22.7 Å². The van der Waals surface area contributed by atoms with Crippen LogP contribution in [0.25, 0.3) is 0 Å². The summed E-state index contributed by atoms with van der Waals surface area (Å²) in [6.45, 7) is 10.0. The van der Waals surface area contributed by atoms with Gasteiger partial charge in [-0.3, -0.25) is 14.5 Å². The number of hydrogen-bond acceptors (Lipinski definition) is 3. The van der Waals surface area contributed by atoms with Gasteiger partial charge < -0.3 is 10.2 Å². The van der Waals surface area contributed by atoms with Gasteiger partial charge in [0.05, 0.1) is 0 Å². The molecule has 2 saturated heterocycles. The molecule has 0 aromatic heterocycles. The van der Waals surface area contributed by atoms with E-state index in [0.717, 1.165) is 70.2 Å². The fraction of sp³-hybridized carbons (Fsp3) is 0.680. The van der Waals surface area contributed by atoms with E-state index in [2.05, 4.69) is 48.3 Å². The highest BCUT2D eigenvalue weighted by atomic mass is 16.2. The van der Waals surface area contributed by atoms with Gasteiger partial charge in [-0.15, -0.1) is 0 Å². The number of hydrogen-bond donors (Lipinski definition) is 1. The summed E-state index contributed by atoms with van der Waals surface area (Å²) in [5.74, 6) is 2.26. The molecule has 0 bridgehead atoms. The zero-order valence-electron chi connectivity index (χ0n) is 18.6. The Bertz CT molecular complexity index is 743. The van der Waals surface area contributed by atoms with E-state index in [0.29, 0.717) is 12.5 Å². The summed E-state index contributed by atoms with van der Waals surface area (Å²) in [4.78, 5) is 29.5. The van der Waals surface area contributed by atoms with Crippen LogP contribution in [0.4, 0.5) is 0 Å². The molecule has 1 aliphatic carbocycles. The maximum absolute atomic E-state index is 12.8. The van der Waals surface area contributed by atoms with E-state index in [1.807, 2.05) is 4.90 Å². The molecule has 5 heteroatoms. The molecule has 4 rings (SSSR count). The largest absolute Gasteiger partial charge is 0.352 e. The average Bonchev–Trinajstić information content (AvgIpc) is 3.57. The highest BCUT2D eigenvalue weighted by Gasteiger charge is 2.36. The van der Waals surface area contributed by atoms with Gasteiger partial charge in [-0.05, 0) is 55.1 Å². The van der Waals surface area contributed by atoms with Crippen molar-refractivity contribution in [2.24, 2.45) is 23.7 Å². The maximum Gasteiger partial charge on any atom is 0.225 e. The molecule has 2 atom stereocenters. The number of piperidine rings is 2. The molecule has 0 unspecified atom stereocenters. The third-order valence-corrected chi connectivity index (χ3v) is 7.01. The summed E-state index contributed by atoms with van der Waals surface area (Å²) in [6, 6.07) is 8.51. The van der Waals surface area contributed by atoms with E-state index in [1.165, 1.54) is 17.5 Å². The minimum Gasteiger partial charge on any atom is -0.352 e. The van der Waals surface area contributed by atoms with Gasteiger partial charge in [0.2, 0.25) is 11.8 Å². The van der Waals surface area contributed by atoms with Crippen molar-refractivity contribution in [3.63, 3.8) is 0 Å². The number of nitrogens with zero attached hydrogens (tertiary/aromatic N) is 2. The molecular weight excluding hydrogens is 374 g/mol. The molecule has 5 nitrogen and oxygen atoms in total. The second-order valence-electron chi connectivity index (χ2n) is 10.0. The average molecular weight is 412 g/mol. The van der Waals surface area contributed by atoms with Crippen LogP contribution >= 0.6 is 0 Å². The SMILES string of the molecule is C[C@@H]1C[C@H](C)CN(Cc2ccccc2CNC(=O)C2CCN(C(=O)C3CC3)CC2)C1. The molecule has 30 heavy (non-hydrogen) atoms. The summed E-state index contributed by atoms with van der Waals surface area (Å²) < 4.78 is 0. The first kappa shape index (κ1) is 21.4. The summed E-state index contributed by atoms with van der Waals surface area (Å²) in [5.41, 5.74) is 2.54. The Hall–Kier alpha value is -1.88. The Kier molecular flexibility index (Phi) is 6.77. The topological polar surface area (TPSA) is 52.7 Å². The standard InChI is InChI=1S/C25H37N3O2/c1-18-13-19(2)16-27(15-18)17-23-6-4-3-5-22(23)14-26-24(29)20-9-11-28(12-10-20)25(30)21-7-8-21/h3-6,18-21H,7-17H2,1-2H3,(H,26,29)/t18-,19+. The number of likely N-dealkylation sites (tertiary alicyclic amines) is 2. The maximum atomic E-state index is 12.8. The second-order valence-corrected chi connectivity index (χ2v) is 10.0. The van der Waals surface area contributed by atoms with Gasteiger partial charge in [0.25, 0.3) is 0 Å². The zero-order chi connectivity index (χ0) is 21.1. The molecule has 1 N–H and O–H groups in total. The highest BCUT2D eigenvalue weighted by molar-refractivity contribution is 5.82. The van der Waals surface area contributed by atoms with E-state index < -0.39 is 0 Å². The van der Waals surface area contributed by atoms with Gasteiger partial charge in [0.15, 0.2) is 0 Å². The van der Waals surface area contributed by atoms with Crippen molar-refractivity contribution >= 4 is 11.8 Å². The van der Waals surface area contributed by atoms with Crippen molar-refractivity contribution in [3.05, 3.63) is 35.4 Å². The summed E-state index contributed by atoms with van der Waals surface area (Å²) >= 11 is 0. The van der Waals surface area contributed by atoms with Crippen LogP contribution in [0.15, 0.2) is 24.3 Å². The molecule has 2 aliphatic heterocycles. The monoisotopic (exact) mass is 411 g/mol. The Labute approximate surface area is 181 Å². The molecule has 0 spiro atoms. The molecule has 3 aliphatic rings. The van der Waals surface area contributed by atoms with Gasteiger partial charge >= 0.3 is 0 Å². The van der Waals surface area contributed by atoms with E-state index in [9.17, 15) is 9.59 Å². The van der Waals surface area contributed by atoms with E-state index in [4.69, 9.17) is 0 Å². The third-order valence-electron chi connectivity index (χ3n) is 7.01. The predicted octanol–water partition coefficient (Wildman–Crippen LogP) is 3.43. The van der Waals surface area contributed by atoms with Crippen LogP contribution in [-0.4, -0.2) is 47.8 Å². The smallest absolute Gasteiger partial charge is 0.225 e. The van der Waals surface area contributed by atoms with Gasteiger partial charge in [0.1, 0.15) is 0 Å². The second kappa shape index (κ2) is 9.51. The van der Waals surface area contributed by atoms with Crippen LogP contribution in [0.3, 0.4) is 0 Å². The zero-order valence-corrected chi connectivity index (χ0v) is 18.6. The number of amides is 2.